The number of nitrogens with one attached hydrogen (secondary N) is 2. The van der Waals surface area contributed by atoms with E-state index in [0.29, 0.717) is 17.1 Å². The van der Waals surface area contributed by atoms with Crippen molar-refractivity contribution >= 4 is 23.2 Å². The number of nitrogens with zero attached hydrogens (tertiary/aromatic N) is 1. The molecule has 5 heteroatoms. The summed E-state index contributed by atoms with van der Waals surface area (Å²) in [5, 5.41) is 6.38. The fourth-order valence-corrected chi connectivity index (χ4v) is 2.41. The van der Waals surface area contributed by atoms with Crippen LogP contribution < -0.4 is 10.6 Å². The molecule has 4 nitrogen and oxygen atoms in total. The Hall–Kier alpha value is -1.94. The molecule has 2 aromatic rings. The number of halogens is 1. The van der Waals surface area contributed by atoms with Crippen molar-refractivity contribution in [3.8, 4) is 0 Å². The van der Waals surface area contributed by atoms with Crippen LogP contribution in [-0.4, -0.2) is 17.5 Å². The predicted octanol–water partition coefficient (Wildman–Crippen LogP) is 3.52. The van der Waals surface area contributed by atoms with Gasteiger partial charge in [0.15, 0.2) is 0 Å². The summed E-state index contributed by atoms with van der Waals surface area (Å²) in [6.45, 7) is 3.88. The summed E-state index contributed by atoms with van der Waals surface area (Å²) < 4.78 is 2.22. The highest BCUT2D eigenvalue weighted by atomic mass is 35.5. The van der Waals surface area contributed by atoms with Gasteiger partial charge in [-0.2, -0.15) is 0 Å². The molecule has 0 atom stereocenters. The van der Waals surface area contributed by atoms with Crippen LogP contribution in [0.4, 0.5) is 5.69 Å². The molecule has 0 aliphatic heterocycles. The topological polar surface area (TPSA) is 46.1 Å². The van der Waals surface area contributed by atoms with Gasteiger partial charge >= 0.3 is 0 Å². The van der Waals surface area contributed by atoms with E-state index in [0.717, 1.165) is 18.7 Å². The van der Waals surface area contributed by atoms with Gasteiger partial charge in [-0.3, -0.25) is 4.79 Å². The van der Waals surface area contributed by atoms with E-state index in [-0.39, 0.29) is 5.91 Å². The van der Waals surface area contributed by atoms with Crippen molar-refractivity contribution in [3.63, 3.8) is 0 Å². The van der Waals surface area contributed by atoms with Crippen molar-refractivity contribution in [3.05, 3.63) is 52.8 Å². The third-order valence-corrected chi connectivity index (χ3v) is 3.63. The predicted molar refractivity (Wildman–Crippen MR) is 86.9 cm³/mol. The van der Waals surface area contributed by atoms with Crippen molar-refractivity contribution in [1.29, 1.82) is 0 Å². The maximum absolute atomic E-state index is 11.7. The first kappa shape index (κ1) is 15.4. The molecule has 0 saturated heterocycles. The average molecular weight is 306 g/mol. The number of aryl methyl sites for hydroxylation is 1. The van der Waals surface area contributed by atoms with Gasteiger partial charge in [-0.15, -0.1) is 0 Å². The zero-order valence-electron chi connectivity index (χ0n) is 12.3. The number of aromatic nitrogens is 1. The maximum atomic E-state index is 11.7. The molecule has 0 spiro atoms. The molecule has 0 radical (unpaired) electrons. The molecule has 0 aliphatic rings. The monoisotopic (exact) mass is 305 g/mol. The fourth-order valence-electron chi connectivity index (χ4n) is 2.21. The molecule has 0 bridgehead atoms. The van der Waals surface area contributed by atoms with Crippen LogP contribution in [0.5, 0.6) is 0 Å². The molecular weight excluding hydrogens is 286 g/mol. The van der Waals surface area contributed by atoms with Gasteiger partial charge in [-0.1, -0.05) is 18.5 Å². The Morgan fingerprint density at radius 2 is 2.14 bits per heavy atom. The van der Waals surface area contributed by atoms with Crippen LogP contribution in [0.2, 0.25) is 5.02 Å². The molecular formula is C16H20ClN3O. The summed E-state index contributed by atoms with van der Waals surface area (Å²) in [4.78, 5) is 11.7. The Labute approximate surface area is 130 Å². The number of hydrogen-bond donors (Lipinski definition) is 2. The van der Waals surface area contributed by atoms with Gasteiger partial charge in [0.1, 0.15) is 0 Å². The third kappa shape index (κ3) is 3.79. The van der Waals surface area contributed by atoms with E-state index in [9.17, 15) is 4.79 Å². The van der Waals surface area contributed by atoms with Crippen molar-refractivity contribution in [1.82, 2.24) is 9.88 Å². The molecule has 0 fully saturated rings. The number of benzene rings is 1. The van der Waals surface area contributed by atoms with E-state index in [2.05, 4.69) is 34.4 Å². The number of hydrogen-bond acceptors (Lipinski definition) is 2. The highest BCUT2D eigenvalue weighted by Crippen LogP contribution is 2.21. The summed E-state index contributed by atoms with van der Waals surface area (Å²) >= 11 is 6.04. The molecule has 21 heavy (non-hydrogen) atoms. The van der Waals surface area contributed by atoms with Crippen LogP contribution in [-0.2, 0) is 13.1 Å². The summed E-state index contributed by atoms with van der Waals surface area (Å²) in [6.07, 6.45) is 3.18. The van der Waals surface area contributed by atoms with Crippen molar-refractivity contribution in [2.75, 3.05) is 12.4 Å². The van der Waals surface area contributed by atoms with Gasteiger partial charge in [0.25, 0.3) is 5.91 Å². The van der Waals surface area contributed by atoms with Gasteiger partial charge in [0, 0.05) is 31.2 Å². The van der Waals surface area contributed by atoms with E-state index in [1.165, 1.54) is 5.69 Å². The van der Waals surface area contributed by atoms with Gasteiger partial charge < -0.3 is 15.2 Å². The summed E-state index contributed by atoms with van der Waals surface area (Å²) in [5.41, 5.74) is 2.57. The fraction of sp³-hybridized carbons (Fsp3) is 0.312. The zero-order valence-corrected chi connectivity index (χ0v) is 13.1. The second-order valence-electron chi connectivity index (χ2n) is 4.82. The summed E-state index contributed by atoms with van der Waals surface area (Å²) in [5.74, 6) is -0.182. The first-order valence-corrected chi connectivity index (χ1v) is 7.43. The van der Waals surface area contributed by atoms with Crippen molar-refractivity contribution < 1.29 is 4.79 Å². The van der Waals surface area contributed by atoms with E-state index in [1.54, 1.807) is 19.2 Å². The summed E-state index contributed by atoms with van der Waals surface area (Å²) in [7, 11) is 1.59. The number of amides is 1. The van der Waals surface area contributed by atoms with Crippen LogP contribution in [0.3, 0.4) is 0 Å². The third-order valence-electron chi connectivity index (χ3n) is 3.30. The lowest BCUT2D eigenvalue weighted by molar-refractivity contribution is 0.0963. The van der Waals surface area contributed by atoms with Crippen LogP contribution in [0.25, 0.3) is 0 Å². The highest BCUT2D eigenvalue weighted by molar-refractivity contribution is 6.34. The normalized spacial score (nSPS) is 10.4. The quantitative estimate of drug-likeness (QED) is 0.857. The van der Waals surface area contributed by atoms with E-state index < -0.39 is 0 Å². The van der Waals surface area contributed by atoms with Crippen molar-refractivity contribution in [2.45, 2.75) is 26.4 Å². The lowest BCUT2D eigenvalue weighted by Gasteiger charge is -2.11. The smallest absolute Gasteiger partial charge is 0.252 e. The van der Waals surface area contributed by atoms with Crippen LogP contribution in [0, 0.1) is 0 Å². The second-order valence-corrected chi connectivity index (χ2v) is 5.23. The van der Waals surface area contributed by atoms with E-state index >= 15 is 0 Å². The molecule has 112 valence electrons. The minimum Gasteiger partial charge on any atom is -0.379 e. The van der Waals surface area contributed by atoms with Crippen LogP contribution >= 0.6 is 11.6 Å². The Balaban J connectivity index is 2.09. The number of carbonyl (C=O) groups excluding carboxylic acids is 1. The molecule has 0 saturated carbocycles. The second kappa shape index (κ2) is 7.18. The minimum atomic E-state index is -0.182. The largest absolute Gasteiger partial charge is 0.379 e. The Morgan fingerprint density at radius 3 is 2.86 bits per heavy atom. The molecule has 0 aliphatic carbocycles. The number of carbonyl (C=O) groups is 1. The van der Waals surface area contributed by atoms with Gasteiger partial charge in [-0.25, -0.2) is 0 Å². The van der Waals surface area contributed by atoms with Gasteiger partial charge in [0.05, 0.1) is 17.1 Å². The Morgan fingerprint density at radius 1 is 1.33 bits per heavy atom. The van der Waals surface area contributed by atoms with E-state index in [1.807, 2.05) is 12.1 Å². The molecule has 1 aromatic heterocycles. The van der Waals surface area contributed by atoms with Crippen molar-refractivity contribution in [2.24, 2.45) is 0 Å². The molecule has 1 heterocycles. The van der Waals surface area contributed by atoms with Gasteiger partial charge in [0.2, 0.25) is 0 Å². The summed E-state index contributed by atoms with van der Waals surface area (Å²) in [6, 6.07) is 9.53. The Kier molecular flexibility index (Phi) is 5.28. The standard InChI is InChI=1S/C16H20ClN3O/c1-3-8-20-9-4-5-13(20)11-19-12-6-7-15(17)14(10-12)16(21)18-2/h4-7,9-10,19H,3,8,11H2,1-2H3,(H,18,21). The number of anilines is 1. The minimum absolute atomic E-state index is 0.182. The first-order valence-electron chi connectivity index (χ1n) is 7.05. The lowest BCUT2D eigenvalue weighted by Crippen LogP contribution is -2.18. The van der Waals surface area contributed by atoms with Crippen LogP contribution in [0.1, 0.15) is 29.4 Å². The maximum Gasteiger partial charge on any atom is 0.252 e. The van der Waals surface area contributed by atoms with Crippen LogP contribution in [0.15, 0.2) is 36.5 Å². The molecule has 2 rings (SSSR count). The average Bonchev–Trinajstić information content (AvgIpc) is 2.93. The highest BCUT2D eigenvalue weighted by Gasteiger charge is 2.09. The van der Waals surface area contributed by atoms with E-state index in [4.69, 9.17) is 11.6 Å². The zero-order chi connectivity index (χ0) is 15.2. The molecule has 0 unspecified atom stereocenters. The molecule has 2 N–H and O–H groups in total. The van der Waals surface area contributed by atoms with Gasteiger partial charge in [-0.05, 0) is 36.8 Å². The molecule has 1 amide bonds. The lowest BCUT2D eigenvalue weighted by atomic mass is 10.2. The molecule has 1 aromatic carbocycles. The SMILES string of the molecule is CCCn1cccc1CNc1ccc(Cl)c(C(=O)NC)c1. The Bertz CT molecular complexity index is 622. The number of rotatable bonds is 6. The first-order chi connectivity index (χ1) is 10.2.